The van der Waals surface area contributed by atoms with Crippen LogP contribution in [0.2, 0.25) is 0 Å². The molecule has 0 aliphatic carbocycles. The number of nitrogens with zero attached hydrogens (tertiary/aromatic N) is 1. The van der Waals surface area contributed by atoms with Crippen LogP contribution in [0.5, 0.6) is 0 Å². The van der Waals surface area contributed by atoms with Crippen LogP contribution in [0.15, 0.2) is 126 Å². The molecule has 2 heterocycles. The highest BCUT2D eigenvalue weighted by Crippen LogP contribution is 2.39. The average Bonchev–Trinajstić information content (AvgIpc) is 3.18. The fourth-order valence-corrected chi connectivity index (χ4v) is 6.88. The van der Waals surface area contributed by atoms with E-state index in [1.807, 2.05) is 78.9 Å². The number of thioether (sulfide) groups is 1. The number of amides is 2. The molecular weight excluding hydrogens is 677 g/mol. The molecule has 0 radical (unpaired) electrons. The molecule has 1 aromatic heterocycles. The van der Waals surface area contributed by atoms with E-state index in [9.17, 15) is 19.9 Å². The normalized spacial score (nSPS) is 17.0. The first-order valence-corrected chi connectivity index (χ1v) is 18.2. The van der Waals surface area contributed by atoms with Crippen LogP contribution in [0.1, 0.15) is 60.3 Å². The van der Waals surface area contributed by atoms with Crippen molar-refractivity contribution in [1.29, 1.82) is 0 Å². The molecule has 6 rings (SSSR count). The average molecular weight is 719 g/mol. The SMILES string of the molecule is Nc1ccccc1NC(=O)CCCC(=O)NCc1cccc(-c2ccc(C3OC(CSc4cccc[n+]4[O-])CC(c4ccc(CO)cc4)O3)cc2)c1. The van der Waals surface area contributed by atoms with Gasteiger partial charge in [-0.15, -0.1) is 0 Å². The molecule has 1 saturated heterocycles. The third-order valence-electron chi connectivity index (χ3n) is 8.80. The molecule has 5 N–H and O–H groups in total. The molecule has 5 aromatic rings. The third-order valence-corrected chi connectivity index (χ3v) is 9.95. The van der Waals surface area contributed by atoms with Gasteiger partial charge < -0.3 is 36.2 Å². The Morgan fingerprint density at radius 3 is 2.35 bits per heavy atom. The molecule has 1 aliphatic heterocycles. The summed E-state index contributed by atoms with van der Waals surface area (Å²) in [6.07, 6.45) is 1.97. The number of aliphatic hydroxyl groups is 1. The molecule has 52 heavy (non-hydrogen) atoms. The van der Waals surface area contributed by atoms with Crippen LogP contribution < -0.4 is 21.1 Å². The van der Waals surface area contributed by atoms with Crippen LogP contribution in [-0.2, 0) is 32.2 Å². The van der Waals surface area contributed by atoms with Gasteiger partial charge in [-0.3, -0.25) is 9.59 Å². The molecule has 11 heteroatoms. The van der Waals surface area contributed by atoms with E-state index >= 15 is 0 Å². The van der Waals surface area contributed by atoms with Gasteiger partial charge in [-0.2, -0.15) is 4.73 Å². The summed E-state index contributed by atoms with van der Waals surface area (Å²) in [6.45, 7) is 0.345. The summed E-state index contributed by atoms with van der Waals surface area (Å²) in [5.41, 5.74) is 12.6. The van der Waals surface area contributed by atoms with Crippen LogP contribution in [0, 0.1) is 5.21 Å². The van der Waals surface area contributed by atoms with Crippen molar-refractivity contribution in [2.45, 2.75) is 62.4 Å². The van der Waals surface area contributed by atoms with Gasteiger partial charge in [0.25, 0.3) is 5.03 Å². The number of pyridine rings is 1. The van der Waals surface area contributed by atoms with E-state index in [2.05, 4.69) is 10.6 Å². The smallest absolute Gasteiger partial charge is 0.251 e. The predicted molar refractivity (Wildman–Crippen MR) is 202 cm³/mol. The van der Waals surface area contributed by atoms with Crippen molar-refractivity contribution in [3.05, 3.63) is 149 Å². The van der Waals surface area contributed by atoms with E-state index in [0.717, 1.165) is 38.1 Å². The van der Waals surface area contributed by atoms with Crippen molar-refractivity contribution >= 4 is 35.0 Å². The topological polar surface area (TPSA) is 150 Å². The monoisotopic (exact) mass is 718 g/mol. The van der Waals surface area contributed by atoms with Crippen molar-refractivity contribution in [1.82, 2.24) is 5.32 Å². The first-order valence-electron chi connectivity index (χ1n) is 17.3. The molecule has 3 unspecified atom stereocenters. The number of anilines is 2. The zero-order valence-electron chi connectivity index (χ0n) is 28.7. The number of nitrogens with two attached hydrogens (primary N) is 1. The molecule has 1 aliphatic rings. The van der Waals surface area contributed by atoms with E-state index < -0.39 is 6.29 Å². The molecule has 2 amide bonds. The van der Waals surface area contributed by atoms with Crippen LogP contribution >= 0.6 is 11.8 Å². The maximum atomic E-state index is 12.5. The summed E-state index contributed by atoms with van der Waals surface area (Å²) >= 11 is 1.46. The Bertz CT molecular complexity index is 1960. The van der Waals surface area contributed by atoms with Gasteiger partial charge >= 0.3 is 0 Å². The van der Waals surface area contributed by atoms with E-state index in [0.29, 0.717) is 41.5 Å². The lowest BCUT2D eigenvalue weighted by Crippen LogP contribution is -2.32. The number of nitrogen functional groups attached to an aromatic ring is 1. The van der Waals surface area contributed by atoms with Crippen LogP contribution in [0.3, 0.4) is 0 Å². The molecule has 0 saturated carbocycles. The quantitative estimate of drug-likeness (QED) is 0.0423. The van der Waals surface area contributed by atoms with Crippen molar-refractivity contribution in [3.8, 4) is 11.1 Å². The second kappa shape index (κ2) is 17.8. The lowest BCUT2D eigenvalue weighted by Gasteiger charge is -2.36. The largest absolute Gasteiger partial charge is 0.618 e. The molecule has 10 nitrogen and oxygen atoms in total. The van der Waals surface area contributed by atoms with Crippen LogP contribution in [0.25, 0.3) is 11.1 Å². The van der Waals surface area contributed by atoms with Gasteiger partial charge in [0, 0.05) is 49.3 Å². The summed E-state index contributed by atoms with van der Waals surface area (Å²) in [7, 11) is 0. The maximum Gasteiger partial charge on any atom is 0.251 e. The van der Waals surface area contributed by atoms with Gasteiger partial charge in [0.1, 0.15) is 0 Å². The number of hydrogen-bond donors (Lipinski definition) is 4. The van der Waals surface area contributed by atoms with E-state index in [1.54, 1.807) is 36.4 Å². The van der Waals surface area contributed by atoms with Gasteiger partial charge in [0.2, 0.25) is 11.8 Å². The second-order valence-corrected chi connectivity index (χ2v) is 13.7. The van der Waals surface area contributed by atoms with Gasteiger partial charge in [-0.05, 0) is 58.5 Å². The predicted octanol–water partition coefficient (Wildman–Crippen LogP) is 6.82. The number of hydrogen-bond acceptors (Lipinski definition) is 8. The van der Waals surface area contributed by atoms with Crippen molar-refractivity contribution < 1.29 is 28.9 Å². The fourth-order valence-electron chi connectivity index (χ4n) is 5.94. The Kier molecular flexibility index (Phi) is 12.5. The zero-order valence-corrected chi connectivity index (χ0v) is 29.5. The number of aromatic nitrogens is 1. The summed E-state index contributed by atoms with van der Waals surface area (Å²) in [4.78, 5) is 24.8. The van der Waals surface area contributed by atoms with Gasteiger partial charge in [0.05, 0.1) is 30.2 Å². The highest BCUT2D eigenvalue weighted by Gasteiger charge is 2.32. The van der Waals surface area contributed by atoms with Crippen molar-refractivity contribution in [3.63, 3.8) is 0 Å². The molecular formula is C41H42N4O6S. The number of carbonyl (C=O) groups is 2. The summed E-state index contributed by atoms with van der Waals surface area (Å²) < 4.78 is 13.8. The highest BCUT2D eigenvalue weighted by molar-refractivity contribution is 7.99. The molecule has 268 valence electrons. The molecule has 0 spiro atoms. The van der Waals surface area contributed by atoms with E-state index in [4.69, 9.17) is 15.2 Å². The maximum absolute atomic E-state index is 12.5. The standard InChI is InChI=1S/C41H42N4O6S/c42-35-9-1-2-10-36(35)44-39(48)12-6-11-38(47)43-25-29-7-5-8-33(23-29)30-18-20-32(21-19-30)41-50-34(27-52-40-13-3-4-22-45(40)49)24-37(51-41)31-16-14-28(26-46)15-17-31/h1-5,7-10,13-23,34,37,41,46H,6,11-12,24-27,42H2,(H,43,47)(H,44,48). The zero-order chi connectivity index (χ0) is 36.3. The first-order chi connectivity index (χ1) is 25.3. The summed E-state index contributed by atoms with van der Waals surface area (Å²) in [5.74, 6) is 0.279. The molecule has 1 fully saturated rings. The molecule has 0 bridgehead atoms. The first kappa shape index (κ1) is 36.6. The Hall–Kier alpha value is -5.20. The minimum absolute atomic E-state index is 0.0268. The number of benzene rings is 4. The lowest BCUT2D eigenvalue weighted by molar-refractivity contribution is -0.645. The van der Waals surface area contributed by atoms with E-state index in [1.165, 1.54) is 18.0 Å². The molecule has 3 atom stereocenters. The van der Waals surface area contributed by atoms with Gasteiger partial charge in [0.15, 0.2) is 12.5 Å². The fraction of sp³-hybridized carbons (Fsp3) is 0.244. The van der Waals surface area contributed by atoms with Gasteiger partial charge in [-0.1, -0.05) is 90.6 Å². The molecule has 4 aromatic carbocycles. The van der Waals surface area contributed by atoms with E-state index in [-0.39, 0.29) is 43.5 Å². The Balaban J connectivity index is 1.05. The highest BCUT2D eigenvalue weighted by atomic mass is 32.2. The number of rotatable bonds is 14. The minimum Gasteiger partial charge on any atom is -0.618 e. The minimum atomic E-state index is -0.616. The number of carbonyl (C=O) groups excluding carboxylic acids is 2. The van der Waals surface area contributed by atoms with Crippen molar-refractivity contribution in [2.24, 2.45) is 0 Å². The third kappa shape index (κ3) is 9.98. The lowest BCUT2D eigenvalue weighted by atomic mass is 9.99. The Morgan fingerprint density at radius 2 is 1.58 bits per heavy atom. The second-order valence-electron chi connectivity index (χ2n) is 12.6. The van der Waals surface area contributed by atoms with Crippen molar-refractivity contribution in [2.75, 3.05) is 16.8 Å². The number of aliphatic hydroxyl groups excluding tert-OH is 1. The van der Waals surface area contributed by atoms with Gasteiger partial charge in [-0.25, -0.2) is 0 Å². The number of ether oxygens (including phenoxy) is 2. The summed E-state index contributed by atoms with van der Waals surface area (Å²) in [6, 6.07) is 36.2. The van der Waals surface area contributed by atoms with Crippen LogP contribution in [0.4, 0.5) is 11.4 Å². The number of para-hydroxylation sites is 2. The van der Waals surface area contributed by atoms with Crippen LogP contribution in [-0.4, -0.2) is 28.8 Å². The Labute approximate surface area is 307 Å². The Morgan fingerprint density at radius 1 is 0.827 bits per heavy atom. The number of nitrogens with one attached hydrogen (secondary N) is 2. The summed E-state index contributed by atoms with van der Waals surface area (Å²) in [5, 5.41) is 28.1.